The number of carbonyl (C=O) groups is 3. The molecule has 7 heteroatoms. The first kappa shape index (κ1) is 14.2. The molecule has 0 aromatic carbocycles. The molecule has 112 valence electrons. The number of thiazole rings is 1. The fourth-order valence-electron chi connectivity index (χ4n) is 2.79. The fourth-order valence-corrected chi connectivity index (χ4v) is 3.95. The van der Waals surface area contributed by atoms with Gasteiger partial charge in [-0.05, 0) is 31.6 Å². The molecule has 1 fully saturated rings. The molecule has 3 rings (SSSR count). The number of hydrogen-bond donors (Lipinski definition) is 1. The van der Waals surface area contributed by atoms with Gasteiger partial charge < -0.3 is 0 Å². The third kappa shape index (κ3) is 2.35. The topological polar surface area (TPSA) is 79.4 Å². The SMILES string of the molecule is CC(C)C1C(=O)NC(=O)N(c2nc3c(s2)CCCC3)C1=O. The van der Waals surface area contributed by atoms with E-state index in [0.717, 1.165) is 41.2 Å². The number of rotatable bonds is 2. The molecule has 4 amide bonds. The maximum atomic E-state index is 12.5. The average molecular weight is 307 g/mol. The third-order valence-electron chi connectivity index (χ3n) is 3.89. The molecule has 1 aromatic rings. The van der Waals surface area contributed by atoms with Crippen LogP contribution >= 0.6 is 11.3 Å². The van der Waals surface area contributed by atoms with Crippen molar-refractivity contribution >= 4 is 34.3 Å². The zero-order valence-corrected chi connectivity index (χ0v) is 12.8. The van der Waals surface area contributed by atoms with Crippen LogP contribution in [0.1, 0.15) is 37.3 Å². The Hall–Kier alpha value is -1.76. The Morgan fingerprint density at radius 1 is 1.24 bits per heavy atom. The van der Waals surface area contributed by atoms with Crippen LogP contribution in [0.25, 0.3) is 0 Å². The molecular formula is C14H17N3O3S. The predicted octanol–water partition coefficient (Wildman–Crippen LogP) is 1.88. The Bertz CT molecular complexity index is 599. The molecule has 1 atom stereocenters. The van der Waals surface area contributed by atoms with Gasteiger partial charge in [-0.15, -0.1) is 11.3 Å². The summed E-state index contributed by atoms with van der Waals surface area (Å²) in [6.45, 7) is 3.59. The minimum Gasteiger partial charge on any atom is -0.277 e. The smallest absolute Gasteiger partial charge is 0.277 e. The number of urea groups is 1. The van der Waals surface area contributed by atoms with E-state index in [1.807, 2.05) is 0 Å². The molecule has 1 aliphatic carbocycles. The van der Waals surface area contributed by atoms with E-state index in [-0.39, 0.29) is 5.92 Å². The summed E-state index contributed by atoms with van der Waals surface area (Å²) >= 11 is 1.39. The van der Waals surface area contributed by atoms with Gasteiger partial charge >= 0.3 is 6.03 Å². The molecule has 1 aromatic heterocycles. The van der Waals surface area contributed by atoms with Gasteiger partial charge in [-0.1, -0.05) is 13.8 Å². The monoisotopic (exact) mass is 307 g/mol. The van der Waals surface area contributed by atoms with Crippen molar-refractivity contribution in [1.82, 2.24) is 10.3 Å². The number of carbonyl (C=O) groups excluding carboxylic acids is 3. The summed E-state index contributed by atoms with van der Waals surface area (Å²) in [4.78, 5) is 43.0. The fraction of sp³-hybridized carbons (Fsp3) is 0.571. The van der Waals surface area contributed by atoms with Crippen molar-refractivity contribution in [3.05, 3.63) is 10.6 Å². The number of fused-ring (bicyclic) bond motifs is 1. The van der Waals surface area contributed by atoms with Crippen LogP contribution in [0.5, 0.6) is 0 Å². The van der Waals surface area contributed by atoms with Crippen molar-refractivity contribution in [3.8, 4) is 0 Å². The number of hydrogen-bond acceptors (Lipinski definition) is 5. The van der Waals surface area contributed by atoms with Crippen LogP contribution in [0.4, 0.5) is 9.93 Å². The van der Waals surface area contributed by atoms with Crippen molar-refractivity contribution in [1.29, 1.82) is 0 Å². The second kappa shape index (κ2) is 5.22. The lowest BCUT2D eigenvalue weighted by atomic mass is 9.92. The number of amides is 4. The van der Waals surface area contributed by atoms with Crippen molar-refractivity contribution in [2.45, 2.75) is 39.5 Å². The van der Waals surface area contributed by atoms with Crippen LogP contribution in [0.3, 0.4) is 0 Å². The van der Waals surface area contributed by atoms with Crippen LogP contribution < -0.4 is 10.2 Å². The van der Waals surface area contributed by atoms with Crippen LogP contribution in [0.2, 0.25) is 0 Å². The first-order valence-corrected chi connectivity index (χ1v) is 7.98. The summed E-state index contributed by atoms with van der Waals surface area (Å²) in [5.41, 5.74) is 0.986. The molecule has 1 unspecified atom stereocenters. The number of aryl methyl sites for hydroxylation is 2. The molecule has 2 aliphatic rings. The van der Waals surface area contributed by atoms with E-state index in [4.69, 9.17) is 0 Å². The molecule has 6 nitrogen and oxygen atoms in total. The quantitative estimate of drug-likeness (QED) is 0.846. The van der Waals surface area contributed by atoms with Crippen molar-refractivity contribution < 1.29 is 14.4 Å². The molecule has 1 N–H and O–H groups in total. The van der Waals surface area contributed by atoms with E-state index >= 15 is 0 Å². The molecule has 1 aliphatic heterocycles. The Morgan fingerprint density at radius 3 is 2.62 bits per heavy atom. The number of aromatic nitrogens is 1. The van der Waals surface area contributed by atoms with Gasteiger partial charge in [0.05, 0.1) is 5.69 Å². The summed E-state index contributed by atoms with van der Waals surface area (Å²) in [5, 5.41) is 2.66. The Labute approximate surface area is 126 Å². The van der Waals surface area contributed by atoms with Gasteiger partial charge in [0, 0.05) is 4.88 Å². The van der Waals surface area contributed by atoms with Crippen LogP contribution in [-0.2, 0) is 22.4 Å². The largest absolute Gasteiger partial charge is 0.337 e. The maximum absolute atomic E-state index is 12.5. The second-order valence-corrected chi connectivity index (χ2v) is 6.83. The standard InChI is InChI=1S/C14H17N3O3S/c1-7(2)10-11(18)16-13(20)17(12(10)19)14-15-8-5-3-4-6-9(8)21-14/h7,10H,3-6H2,1-2H3,(H,16,18,20). The average Bonchev–Trinajstić information content (AvgIpc) is 2.80. The van der Waals surface area contributed by atoms with Crippen LogP contribution in [-0.4, -0.2) is 22.8 Å². The lowest BCUT2D eigenvalue weighted by molar-refractivity contribution is -0.136. The van der Waals surface area contributed by atoms with E-state index in [9.17, 15) is 14.4 Å². The summed E-state index contributed by atoms with van der Waals surface area (Å²) in [6, 6.07) is -0.687. The normalized spacial score (nSPS) is 22.5. The van der Waals surface area contributed by atoms with Crippen LogP contribution in [0.15, 0.2) is 0 Å². The van der Waals surface area contributed by atoms with Gasteiger partial charge in [0.25, 0.3) is 0 Å². The Balaban J connectivity index is 1.96. The lowest BCUT2D eigenvalue weighted by Gasteiger charge is -2.30. The van der Waals surface area contributed by atoms with Crippen molar-refractivity contribution in [3.63, 3.8) is 0 Å². The number of nitrogens with zero attached hydrogens (tertiary/aromatic N) is 2. The highest BCUT2D eigenvalue weighted by Gasteiger charge is 2.44. The predicted molar refractivity (Wildman–Crippen MR) is 78.1 cm³/mol. The van der Waals surface area contributed by atoms with Gasteiger partial charge in [-0.25, -0.2) is 14.7 Å². The van der Waals surface area contributed by atoms with Crippen LogP contribution in [0, 0.1) is 11.8 Å². The first-order valence-electron chi connectivity index (χ1n) is 7.16. The molecule has 0 bridgehead atoms. The van der Waals surface area contributed by atoms with Gasteiger partial charge in [0.2, 0.25) is 16.9 Å². The Kier molecular flexibility index (Phi) is 3.52. The highest BCUT2D eigenvalue weighted by Crippen LogP contribution is 2.34. The van der Waals surface area contributed by atoms with Gasteiger partial charge in [0.15, 0.2) is 0 Å². The molecule has 21 heavy (non-hydrogen) atoms. The van der Waals surface area contributed by atoms with E-state index in [0.29, 0.717) is 5.13 Å². The highest BCUT2D eigenvalue weighted by molar-refractivity contribution is 7.16. The number of imide groups is 2. The van der Waals surface area contributed by atoms with Gasteiger partial charge in [-0.2, -0.15) is 0 Å². The molecule has 0 saturated carbocycles. The van der Waals surface area contributed by atoms with Gasteiger partial charge in [-0.3, -0.25) is 14.9 Å². The molecule has 0 radical (unpaired) electrons. The number of anilines is 1. The van der Waals surface area contributed by atoms with Gasteiger partial charge in [0.1, 0.15) is 5.92 Å². The Morgan fingerprint density at radius 2 is 1.95 bits per heavy atom. The zero-order valence-electron chi connectivity index (χ0n) is 12.0. The summed E-state index contributed by atoms with van der Waals surface area (Å²) in [7, 11) is 0. The lowest BCUT2D eigenvalue weighted by Crippen LogP contribution is -2.59. The molecule has 2 heterocycles. The zero-order chi connectivity index (χ0) is 15.1. The second-order valence-electron chi connectivity index (χ2n) is 5.76. The third-order valence-corrected chi connectivity index (χ3v) is 5.04. The van der Waals surface area contributed by atoms with E-state index < -0.39 is 23.8 Å². The van der Waals surface area contributed by atoms with E-state index in [1.165, 1.54) is 11.3 Å². The van der Waals surface area contributed by atoms with Crippen molar-refractivity contribution in [2.75, 3.05) is 4.90 Å². The summed E-state index contributed by atoms with van der Waals surface area (Å²) in [5.74, 6) is -1.98. The minimum atomic E-state index is -0.830. The summed E-state index contributed by atoms with van der Waals surface area (Å²) < 4.78 is 0. The molecular weight excluding hydrogens is 290 g/mol. The van der Waals surface area contributed by atoms with E-state index in [1.54, 1.807) is 13.8 Å². The molecule has 1 saturated heterocycles. The maximum Gasteiger partial charge on any atom is 0.337 e. The minimum absolute atomic E-state index is 0.164. The first-order chi connectivity index (χ1) is 9.99. The van der Waals surface area contributed by atoms with E-state index in [2.05, 4.69) is 10.3 Å². The molecule has 0 spiro atoms. The number of nitrogens with one attached hydrogen (secondary N) is 1. The highest BCUT2D eigenvalue weighted by atomic mass is 32.1. The summed E-state index contributed by atoms with van der Waals surface area (Å²) in [6.07, 6.45) is 4.04. The van der Waals surface area contributed by atoms with Crippen molar-refractivity contribution in [2.24, 2.45) is 11.8 Å². The number of barbiturate groups is 1.